The Kier molecular flexibility index (Phi) is 10.3. The van der Waals surface area contributed by atoms with Crippen molar-refractivity contribution in [2.24, 2.45) is 12.8 Å². The van der Waals surface area contributed by atoms with Gasteiger partial charge in [-0.3, -0.25) is 9.48 Å². The zero-order chi connectivity index (χ0) is 35.5. The molecule has 0 spiro atoms. The van der Waals surface area contributed by atoms with E-state index in [1.807, 2.05) is 0 Å². The van der Waals surface area contributed by atoms with Crippen LogP contribution in [0.5, 0.6) is 11.5 Å². The van der Waals surface area contributed by atoms with Gasteiger partial charge < -0.3 is 29.7 Å². The van der Waals surface area contributed by atoms with Crippen LogP contribution in [0, 0.1) is 19.7 Å². The Morgan fingerprint density at radius 1 is 1.08 bits per heavy atom. The van der Waals surface area contributed by atoms with Gasteiger partial charge in [-0.25, -0.2) is 9.18 Å². The Morgan fingerprint density at radius 3 is 2.31 bits per heavy atom. The maximum absolute atomic E-state index is 14.2. The number of rotatable bonds is 11. The smallest absolute Gasteiger partial charge is 0.342 e. The van der Waals surface area contributed by atoms with E-state index < -0.39 is 28.1 Å². The summed E-state index contributed by atoms with van der Waals surface area (Å²) in [5.74, 6) is -0.886. The summed E-state index contributed by atoms with van der Waals surface area (Å²) in [5.41, 5.74) is 8.74. The summed E-state index contributed by atoms with van der Waals surface area (Å²) in [4.78, 5) is 28.7. The number of aryl methyl sites for hydroxylation is 2. The molecule has 0 saturated carbocycles. The molecule has 12 nitrogen and oxygen atoms in total. The van der Waals surface area contributed by atoms with Crippen molar-refractivity contribution in [2.75, 3.05) is 25.5 Å². The lowest BCUT2D eigenvalue weighted by atomic mass is 9.96. The number of primary amides is 1. The molecule has 0 aliphatic carbocycles. The van der Waals surface area contributed by atoms with Crippen LogP contribution in [0.25, 0.3) is 0 Å². The number of benzene rings is 3. The highest BCUT2D eigenvalue weighted by molar-refractivity contribution is 7.87. The standard InChI is InChI=1S/C35H41FN6O6S/c1-23-33(24(2)40(3)39-23)49(46,47)48-31-17-13-28(14-18-31)38-35(45)41(32(34(37)44)20-25-9-15-30(43)16-10-25)29-6-5-19-42(4,22-29)21-26-7-11-27(36)12-8-26/h7-18,29,32H,5-6,19-22H2,1-4H3,(H3-,37,38,43,44,45)/p+1/t29-,32-,42?/m0/s1. The van der Waals surface area contributed by atoms with Crippen LogP contribution in [0.2, 0.25) is 0 Å². The van der Waals surface area contributed by atoms with Crippen molar-refractivity contribution in [3.8, 4) is 11.5 Å². The van der Waals surface area contributed by atoms with Crippen LogP contribution in [0.3, 0.4) is 0 Å². The lowest BCUT2D eigenvalue weighted by Gasteiger charge is -2.46. The molecule has 3 atom stereocenters. The average Bonchev–Trinajstić information content (AvgIpc) is 3.30. The number of phenols is 1. The third-order valence-electron chi connectivity index (χ3n) is 9.03. The van der Waals surface area contributed by atoms with Gasteiger partial charge in [0.2, 0.25) is 5.91 Å². The lowest BCUT2D eigenvalue weighted by Crippen LogP contribution is -2.62. The number of anilines is 1. The summed E-state index contributed by atoms with van der Waals surface area (Å²) in [7, 11) is -0.451. The monoisotopic (exact) mass is 693 g/mol. The summed E-state index contributed by atoms with van der Waals surface area (Å²) in [5, 5.41) is 16.8. The minimum atomic E-state index is -4.17. The molecule has 49 heavy (non-hydrogen) atoms. The second-order valence-electron chi connectivity index (χ2n) is 12.9. The number of phenolic OH excluding ortho intramolecular Hbond substituents is 1. The Bertz CT molecular complexity index is 1920. The maximum atomic E-state index is 14.2. The van der Waals surface area contributed by atoms with Gasteiger partial charge in [-0.1, -0.05) is 24.3 Å². The first-order valence-corrected chi connectivity index (χ1v) is 17.3. The molecule has 1 fully saturated rings. The molecule has 5 rings (SSSR count). The van der Waals surface area contributed by atoms with Crippen molar-refractivity contribution in [2.45, 2.75) is 56.6 Å². The molecular formula is C35H42FN6O6S+. The highest BCUT2D eigenvalue weighted by Crippen LogP contribution is 2.29. The fourth-order valence-corrected chi connectivity index (χ4v) is 7.96. The highest BCUT2D eigenvalue weighted by Gasteiger charge is 2.41. The van der Waals surface area contributed by atoms with Gasteiger partial charge in [0.25, 0.3) is 0 Å². The van der Waals surface area contributed by atoms with E-state index in [1.165, 1.54) is 58.1 Å². The quantitative estimate of drug-likeness (QED) is 0.155. The summed E-state index contributed by atoms with van der Waals surface area (Å²) < 4.78 is 47.1. The fourth-order valence-electron chi connectivity index (χ4n) is 6.62. The van der Waals surface area contributed by atoms with Crippen molar-refractivity contribution in [1.29, 1.82) is 0 Å². The van der Waals surface area contributed by atoms with E-state index in [-0.39, 0.29) is 34.7 Å². The van der Waals surface area contributed by atoms with E-state index in [1.54, 1.807) is 45.2 Å². The number of carbonyl (C=O) groups excluding carboxylic acids is 2. The number of hydrogen-bond donors (Lipinski definition) is 3. The van der Waals surface area contributed by atoms with E-state index in [4.69, 9.17) is 9.92 Å². The molecule has 1 saturated heterocycles. The molecule has 260 valence electrons. The number of aromatic hydroxyl groups is 1. The first-order valence-electron chi connectivity index (χ1n) is 15.9. The number of quaternary nitrogens is 1. The van der Waals surface area contributed by atoms with E-state index in [2.05, 4.69) is 17.5 Å². The van der Waals surface area contributed by atoms with Gasteiger partial charge in [-0.2, -0.15) is 13.5 Å². The van der Waals surface area contributed by atoms with Crippen LogP contribution in [-0.4, -0.2) is 76.8 Å². The lowest BCUT2D eigenvalue weighted by molar-refractivity contribution is -0.928. The SMILES string of the molecule is Cc1nn(C)c(C)c1S(=O)(=O)Oc1ccc(NC(=O)N([C@H]2CCC[N+](C)(Cc3ccc(F)cc3)C2)[C@@H](Cc2ccc(O)cc2)C(N)=O)cc1. The first-order chi connectivity index (χ1) is 23.1. The number of halogens is 1. The molecule has 4 aromatic rings. The third-order valence-corrected chi connectivity index (χ3v) is 10.5. The minimum Gasteiger partial charge on any atom is -0.508 e. The second-order valence-corrected chi connectivity index (χ2v) is 14.4. The van der Waals surface area contributed by atoms with Gasteiger partial charge in [-0.05, 0) is 80.8 Å². The second kappa shape index (κ2) is 14.3. The molecule has 3 aromatic carbocycles. The summed E-state index contributed by atoms with van der Waals surface area (Å²) in [6, 6.07) is 16.7. The van der Waals surface area contributed by atoms with Crippen LogP contribution in [0.1, 0.15) is 35.4 Å². The average molecular weight is 694 g/mol. The van der Waals surface area contributed by atoms with Gasteiger partial charge >= 0.3 is 16.1 Å². The molecule has 3 amide bonds. The van der Waals surface area contributed by atoms with Gasteiger partial charge in [0.15, 0.2) is 0 Å². The first kappa shape index (κ1) is 35.4. The van der Waals surface area contributed by atoms with Crippen LogP contribution in [-0.2, 0) is 34.9 Å². The number of urea groups is 1. The Hall–Kier alpha value is -4.95. The maximum Gasteiger partial charge on any atom is 0.342 e. The predicted molar refractivity (Wildman–Crippen MR) is 182 cm³/mol. The fraction of sp³-hybridized carbons (Fsp3) is 0.343. The Labute approximate surface area is 285 Å². The van der Waals surface area contributed by atoms with Crippen molar-refractivity contribution >= 4 is 27.7 Å². The number of nitrogens with two attached hydrogens (primary N) is 1. The number of hydrogen-bond acceptors (Lipinski definition) is 7. The summed E-state index contributed by atoms with van der Waals surface area (Å²) >= 11 is 0. The van der Waals surface area contributed by atoms with Crippen molar-refractivity contribution in [3.05, 3.63) is 101 Å². The molecule has 0 bridgehead atoms. The van der Waals surface area contributed by atoms with Gasteiger partial charge in [0.1, 0.15) is 34.8 Å². The van der Waals surface area contributed by atoms with E-state index >= 15 is 0 Å². The van der Waals surface area contributed by atoms with Crippen molar-refractivity contribution in [1.82, 2.24) is 14.7 Å². The number of likely N-dealkylation sites (tertiary alicyclic amines) is 1. The molecule has 1 aromatic heterocycles. The van der Waals surface area contributed by atoms with Crippen LogP contribution in [0.4, 0.5) is 14.9 Å². The van der Waals surface area contributed by atoms with E-state index in [0.717, 1.165) is 18.5 Å². The molecule has 1 aliphatic rings. The van der Waals surface area contributed by atoms with Gasteiger partial charge in [-0.15, -0.1) is 0 Å². The summed E-state index contributed by atoms with van der Waals surface area (Å²) in [6.45, 7) is 5.17. The van der Waals surface area contributed by atoms with Crippen LogP contribution < -0.4 is 15.2 Å². The van der Waals surface area contributed by atoms with E-state index in [9.17, 15) is 27.5 Å². The predicted octanol–water partition coefficient (Wildman–Crippen LogP) is 4.39. The van der Waals surface area contributed by atoms with Crippen molar-refractivity contribution in [3.63, 3.8) is 0 Å². The van der Waals surface area contributed by atoms with Crippen molar-refractivity contribution < 1.29 is 36.2 Å². The topological polar surface area (TPSA) is 157 Å². The number of likely N-dealkylation sites (N-methyl/N-ethyl adjacent to an activating group) is 1. The normalized spacial score (nSPS) is 18.4. The molecule has 1 unspecified atom stereocenters. The van der Waals surface area contributed by atoms with Crippen LogP contribution >= 0.6 is 0 Å². The number of nitrogens with one attached hydrogen (secondary N) is 1. The molecule has 14 heteroatoms. The number of aromatic nitrogens is 2. The van der Waals surface area contributed by atoms with Crippen LogP contribution in [0.15, 0.2) is 77.7 Å². The number of amides is 3. The number of nitrogens with zero attached hydrogens (tertiary/aromatic N) is 4. The summed E-state index contributed by atoms with van der Waals surface area (Å²) in [6.07, 6.45) is 1.52. The number of carbonyl (C=O) groups is 2. The molecule has 1 aliphatic heterocycles. The highest BCUT2D eigenvalue weighted by atomic mass is 32.2. The Balaban J connectivity index is 1.39. The largest absolute Gasteiger partial charge is 0.508 e. The zero-order valence-electron chi connectivity index (χ0n) is 28.0. The molecule has 4 N–H and O–H groups in total. The zero-order valence-corrected chi connectivity index (χ0v) is 28.8. The van der Waals surface area contributed by atoms with E-state index in [0.29, 0.717) is 46.6 Å². The number of piperidine rings is 1. The molecule has 2 heterocycles. The molecular weight excluding hydrogens is 651 g/mol. The minimum absolute atomic E-state index is 0.00791. The van der Waals surface area contributed by atoms with Gasteiger partial charge in [0, 0.05) is 24.7 Å². The van der Waals surface area contributed by atoms with Gasteiger partial charge in [0.05, 0.1) is 37.6 Å². The molecule has 0 radical (unpaired) electrons. The third kappa shape index (κ3) is 8.38. The Morgan fingerprint density at radius 2 is 1.71 bits per heavy atom.